The number of benzene rings is 2. The first-order valence-corrected chi connectivity index (χ1v) is 9.34. The number of nitrogens with zero attached hydrogens (tertiary/aromatic N) is 4. The zero-order valence-electron chi connectivity index (χ0n) is 16.3. The Kier molecular flexibility index (Phi) is 5.66. The van der Waals surface area contributed by atoms with E-state index in [2.05, 4.69) is 25.7 Å². The molecule has 0 saturated heterocycles. The molecule has 0 unspecified atom stereocenters. The molecular formula is C22H20N6O2. The molecule has 0 saturated carbocycles. The van der Waals surface area contributed by atoms with Crippen LogP contribution in [0.25, 0.3) is 5.82 Å². The van der Waals surface area contributed by atoms with E-state index >= 15 is 0 Å². The van der Waals surface area contributed by atoms with Gasteiger partial charge in [0.25, 0.3) is 5.91 Å². The molecule has 8 heteroatoms. The van der Waals surface area contributed by atoms with Gasteiger partial charge in [0.2, 0.25) is 0 Å². The summed E-state index contributed by atoms with van der Waals surface area (Å²) in [5.41, 5.74) is 2.65. The largest absolute Gasteiger partial charge is 0.484 e. The lowest BCUT2D eigenvalue weighted by Gasteiger charge is -2.10. The lowest BCUT2D eigenvalue weighted by atomic mass is 10.2. The molecule has 4 rings (SSSR count). The SMILES string of the molecule is Cc1ccc(OCC(=O)Nc2ccc(Nc3cc(-n4cccn4)ncn3)cc2)cc1. The van der Waals surface area contributed by atoms with Gasteiger partial charge in [-0.1, -0.05) is 17.7 Å². The highest BCUT2D eigenvalue weighted by atomic mass is 16.5. The fourth-order valence-electron chi connectivity index (χ4n) is 2.71. The van der Waals surface area contributed by atoms with Crippen LogP contribution in [0.15, 0.2) is 79.4 Å². The molecule has 0 bridgehead atoms. The molecule has 0 aliphatic rings. The minimum absolute atomic E-state index is 0.0554. The van der Waals surface area contributed by atoms with E-state index in [1.54, 1.807) is 16.9 Å². The number of carbonyl (C=O) groups excluding carboxylic acids is 1. The summed E-state index contributed by atoms with van der Waals surface area (Å²) >= 11 is 0. The second kappa shape index (κ2) is 8.87. The zero-order chi connectivity index (χ0) is 20.8. The van der Waals surface area contributed by atoms with Crippen molar-refractivity contribution in [2.24, 2.45) is 0 Å². The van der Waals surface area contributed by atoms with Crippen molar-refractivity contribution in [3.63, 3.8) is 0 Å². The average molecular weight is 400 g/mol. The van der Waals surface area contributed by atoms with Crippen molar-refractivity contribution in [2.75, 3.05) is 17.2 Å². The number of nitrogens with one attached hydrogen (secondary N) is 2. The lowest BCUT2D eigenvalue weighted by molar-refractivity contribution is -0.118. The number of anilines is 3. The number of ether oxygens (including phenoxy) is 1. The average Bonchev–Trinajstić information content (AvgIpc) is 3.30. The van der Waals surface area contributed by atoms with E-state index in [9.17, 15) is 4.79 Å². The molecule has 30 heavy (non-hydrogen) atoms. The molecule has 0 aliphatic carbocycles. The molecule has 0 radical (unpaired) electrons. The van der Waals surface area contributed by atoms with Gasteiger partial charge in [0, 0.05) is 29.8 Å². The van der Waals surface area contributed by atoms with Gasteiger partial charge >= 0.3 is 0 Å². The number of hydrogen-bond donors (Lipinski definition) is 2. The van der Waals surface area contributed by atoms with Crippen LogP contribution in [0, 0.1) is 6.92 Å². The van der Waals surface area contributed by atoms with Gasteiger partial charge in [-0.3, -0.25) is 4.79 Å². The first-order valence-electron chi connectivity index (χ1n) is 9.34. The quantitative estimate of drug-likeness (QED) is 0.491. The molecule has 2 aromatic carbocycles. The Morgan fingerprint density at radius 2 is 1.80 bits per heavy atom. The second-order valence-electron chi connectivity index (χ2n) is 6.56. The Bertz CT molecular complexity index is 1110. The first-order chi connectivity index (χ1) is 14.7. The van der Waals surface area contributed by atoms with Crippen LogP contribution in [0.4, 0.5) is 17.2 Å². The molecule has 8 nitrogen and oxygen atoms in total. The summed E-state index contributed by atoms with van der Waals surface area (Å²) in [7, 11) is 0. The van der Waals surface area contributed by atoms with Crippen LogP contribution in [0.5, 0.6) is 5.75 Å². The Morgan fingerprint density at radius 3 is 2.53 bits per heavy atom. The predicted octanol–water partition coefficient (Wildman–Crippen LogP) is 3.73. The number of carbonyl (C=O) groups is 1. The molecule has 0 fully saturated rings. The van der Waals surface area contributed by atoms with Crippen LogP contribution in [-0.2, 0) is 4.79 Å². The zero-order valence-corrected chi connectivity index (χ0v) is 16.3. The lowest BCUT2D eigenvalue weighted by Crippen LogP contribution is -2.20. The van der Waals surface area contributed by atoms with Crippen LogP contribution in [0.1, 0.15) is 5.56 Å². The van der Waals surface area contributed by atoms with Crippen LogP contribution < -0.4 is 15.4 Å². The van der Waals surface area contributed by atoms with E-state index in [-0.39, 0.29) is 12.5 Å². The third-order valence-corrected chi connectivity index (χ3v) is 4.22. The summed E-state index contributed by atoms with van der Waals surface area (Å²) in [6, 6.07) is 18.5. The van der Waals surface area contributed by atoms with Gasteiger partial charge in [-0.25, -0.2) is 14.6 Å². The van der Waals surface area contributed by atoms with Gasteiger partial charge in [0.1, 0.15) is 17.9 Å². The standard InChI is InChI=1S/C22H20N6O2/c1-16-3-9-19(10-4-16)30-14-22(29)27-18-7-5-17(6-8-18)26-20-13-21(24-15-23-20)28-12-2-11-25-28/h2-13,15H,14H2,1H3,(H,27,29)(H,23,24,26). The third-order valence-electron chi connectivity index (χ3n) is 4.22. The third kappa shape index (κ3) is 4.99. The normalized spacial score (nSPS) is 10.4. The fourth-order valence-corrected chi connectivity index (χ4v) is 2.71. The molecule has 0 aliphatic heterocycles. The number of amides is 1. The maximum Gasteiger partial charge on any atom is 0.262 e. The van der Waals surface area contributed by atoms with E-state index in [0.29, 0.717) is 23.1 Å². The molecule has 4 aromatic rings. The minimum atomic E-state index is -0.226. The number of aryl methyl sites for hydroxylation is 1. The van der Waals surface area contributed by atoms with Crippen LogP contribution in [-0.4, -0.2) is 32.3 Å². The van der Waals surface area contributed by atoms with E-state index in [1.807, 2.05) is 67.7 Å². The number of hydrogen-bond acceptors (Lipinski definition) is 6. The van der Waals surface area contributed by atoms with Crippen molar-refractivity contribution in [1.82, 2.24) is 19.7 Å². The molecule has 0 atom stereocenters. The van der Waals surface area contributed by atoms with Crippen LogP contribution in [0.3, 0.4) is 0 Å². The van der Waals surface area contributed by atoms with Gasteiger partial charge in [-0.05, 0) is 49.4 Å². The first kappa shape index (κ1) is 19.1. The highest BCUT2D eigenvalue weighted by molar-refractivity contribution is 5.92. The Balaban J connectivity index is 1.32. The smallest absolute Gasteiger partial charge is 0.262 e. The van der Waals surface area contributed by atoms with E-state index in [0.717, 1.165) is 11.3 Å². The van der Waals surface area contributed by atoms with Crippen molar-refractivity contribution in [3.8, 4) is 11.6 Å². The molecule has 2 N–H and O–H groups in total. The number of rotatable bonds is 7. The highest BCUT2D eigenvalue weighted by Crippen LogP contribution is 2.19. The van der Waals surface area contributed by atoms with Crippen molar-refractivity contribution >= 4 is 23.1 Å². The Morgan fingerprint density at radius 1 is 1.03 bits per heavy atom. The van der Waals surface area contributed by atoms with E-state index in [4.69, 9.17) is 4.74 Å². The summed E-state index contributed by atoms with van der Waals surface area (Å²) in [6.07, 6.45) is 4.97. The summed E-state index contributed by atoms with van der Waals surface area (Å²) in [5, 5.41) is 10.2. The molecule has 0 spiro atoms. The minimum Gasteiger partial charge on any atom is -0.484 e. The monoisotopic (exact) mass is 400 g/mol. The summed E-state index contributed by atoms with van der Waals surface area (Å²) in [6.45, 7) is 1.94. The highest BCUT2D eigenvalue weighted by Gasteiger charge is 2.05. The number of aromatic nitrogens is 4. The van der Waals surface area contributed by atoms with Gasteiger partial charge in [-0.2, -0.15) is 5.10 Å². The van der Waals surface area contributed by atoms with Gasteiger partial charge in [0.15, 0.2) is 12.4 Å². The van der Waals surface area contributed by atoms with Crippen LogP contribution in [0.2, 0.25) is 0 Å². The molecular weight excluding hydrogens is 380 g/mol. The van der Waals surface area contributed by atoms with Gasteiger partial charge in [0.05, 0.1) is 0 Å². The van der Waals surface area contributed by atoms with E-state index < -0.39 is 0 Å². The maximum atomic E-state index is 12.1. The summed E-state index contributed by atoms with van der Waals surface area (Å²) in [5.74, 6) is 1.74. The van der Waals surface area contributed by atoms with Crippen molar-refractivity contribution in [2.45, 2.75) is 6.92 Å². The maximum absolute atomic E-state index is 12.1. The predicted molar refractivity (Wildman–Crippen MR) is 114 cm³/mol. The van der Waals surface area contributed by atoms with Gasteiger partial charge in [-0.15, -0.1) is 0 Å². The fraction of sp³-hybridized carbons (Fsp3) is 0.0909. The van der Waals surface area contributed by atoms with Crippen molar-refractivity contribution in [1.29, 1.82) is 0 Å². The van der Waals surface area contributed by atoms with Gasteiger partial charge < -0.3 is 15.4 Å². The van der Waals surface area contributed by atoms with Crippen molar-refractivity contribution in [3.05, 3.63) is 84.9 Å². The van der Waals surface area contributed by atoms with E-state index in [1.165, 1.54) is 6.33 Å². The van der Waals surface area contributed by atoms with Crippen molar-refractivity contribution < 1.29 is 9.53 Å². The molecule has 2 aromatic heterocycles. The van der Waals surface area contributed by atoms with Crippen LogP contribution >= 0.6 is 0 Å². The molecule has 1 amide bonds. The molecule has 150 valence electrons. The second-order valence-corrected chi connectivity index (χ2v) is 6.56. The summed E-state index contributed by atoms with van der Waals surface area (Å²) in [4.78, 5) is 20.5. The summed E-state index contributed by atoms with van der Waals surface area (Å²) < 4.78 is 7.15. The topological polar surface area (TPSA) is 94.0 Å². The Labute approximate surface area is 173 Å². The Hall–Kier alpha value is -4.20. The molecule has 2 heterocycles.